The summed E-state index contributed by atoms with van der Waals surface area (Å²) in [5.41, 5.74) is -0.563. The molecule has 1 unspecified atom stereocenters. The third-order valence-electron chi connectivity index (χ3n) is 5.68. The molecule has 5 heteroatoms. The third-order valence-corrected chi connectivity index (χ3v) is 5.68. The van der Waals surface area contributed by atoms with Gasteiger partial charge in [0.2, 0.25) is 0 Å². The number of quaternary nitrogens is 1. The molecule has 118 valence electrons. The van der Waals surface area contributed by atoms with E-state index in [0.717, 1.165) is 38.6 Å². The number of nitrogens with zero attached hydrogens (tertiary/aromatic N) is 1. The van der Waals surface area contributed by atoms with Gasteiger partial charge in [-0.15, -0.1) is 0 Å². The second-order valence-electron chi connectivity index (χ2n) is 6.97. The summed E-state index contributed by atoms with van der Waals surface area (Å²) in [7, 11) is 0. The van der Waals surface area contributed by atoms with E-state index in [1.807, 2.05) is 0 Å². The first-order valence-corrected chi connectivity index (χ1v) is 8.65. The molecule has 0 aromatic carbocycles. The highest BCUT2D eigenvalue weighted by Crippen LogP contribution is 2.33. The van der Waals surface area contributed by atoms with Crippen molar-refractivity contribution in [3.8, 4) is 0 Å². The van der Waals surface area contributed by atoms with E-state index in [-0.39, 0.29) is 11.9 Å². The maximum Gasteiger partial charge on any atom is 0.329 e. The Balaban J connectivity index is 1.70. The van der Waals surface area contributed by atoms with Crippen LogP contribution < -0.4 is 10.2 Å². The van der Waals surface area contributed by atoms with Gasteiger partial charge in [0.25, 0.3) is 5.91 Å². The van der Waals surface area contributed by atoms with Gasteiger partial charge in [-0.25, -0.2) is 9.69 Å². The van der Waals surface area contributed by atoms with Gasteiger partial charge in [-0.2, -0.15) is 0 Å². The maximum atomic E-state index is 12.8. The van der Waals surface area contributed by atoms with Crippen molar-refractivity contribution in [2.45, 2.75) is 76.3 Å². The van der Waals surface area contributed by atoms with Crippen LogP contribution >= 0.6 is 0 Å². The van der Waals surface area contributed by atoms with Crippen molar-refractivity contribution in [3.05, 3.63) is 0 Å². The molecule has 0 bridgehead atoms. The van der Waals surface area contributed by atoms with Crippen molar-refractivity contribution in [2.24, 2.45) is 0 Å². The normalized spacial score (nSPS) is 32.5. The van der Waals surface area contributed by atoms with Gasteiger partial charge in [-0.05, 0) is 38.5 Å². The number of hydrogen-bond donors (Lipinski definition) is 2. The van der Waals surface area contributed by atoms with Gasteiger partial charge in [0.05, 0.1) is 12.6 Å². The Kier molecular flexibility index (Phi) is 4.20. The second-order valence-corrected chi connectivity index (χ2v) is 6.97. The molecule has 1 aliphatic carbocycles. The number of hydrogen-bond acceptors (Lipinski definition) is 2. The van der Waals surface area contributed by atoms with E-state index in [0.29, 0.717) is 12.7 Å². The zero-order valence-electron chi connectivity index (χ0n) is 13.1. The van der Waals surface area contributed by atoms with Crippen LogP contribution in [0.2, 0.25) is 0 Å². The minimum Gasteiger partial charge on any atom is -0.323 e. The van der Waals surface area contributed by atoms with Gasteiger partial charge in [-0.1, -0.05) is 26.2 Å². The molecule has 2 atom stereocenters. The van der Waals surface area contributed by atoms with Gasteiger partial charge < -0.3 is 10.2 Å². The minimum atomic E-state index is -0.563. The Morgan fingerprint density at radius 1 is 1.19 bits per heavy atom. The van der Waals surface area contributed by atoms with Gasteiger partial charge >= 0.3 is 6.03 Å². The van der Waals surface area contributed by atoms with Crippen molar-refractivity contribution < 1.29 is 14.5 Å². The lowest BCUT2D eigenvalue weighted by molar-refractivity contribution is -0.937. The van der Waals surface area contributed by atoms with Crippen LogP contribution in [-0.4, -0.2) is 41.6 Å². The largest absolute Gasteiger partial charge is 0.329 e. The molecule has 3 fully saturated rings. The molecular weight excluding hydrogens is 266 g/mol. The van der Waals surface area contributed by atoms with Gasteiger partial charge in [0.15, 0.2) is 6.67 Å². The fraction of sp³-hybridized carbons (Fsp3) is 0.875. The lowest BCUT2D eigenvalue weighted by atomic mass is 9.82. The summed E-state index contributed by atoms with van der Waals surface area (Å²) >= 11 is 0. The van der Waals surface area contributed by atoms with E-state index in [1.165, 1.54) is 35.5 Å². The Morgan fingerprint density at radius 3 is 2.67 bits per heavy atom. The van der Waals surface area contributed by atoms with Crippen LogP contribution in [0.5, 0.6) is 0 Å². The van der Waals surface area contributed by atoms with E-state index in [9.17, 15) is 9.59 Å². The fourth-order valence-corrected chi connectivity index (χ4v) is 4.37. The first-order chi connectivity index (χ1) is 10.2. The summed E-state index contributed by atoms with van der Waals surface area (Å²) in [6.07, 6.45) is 9.76. The molecule has 1 spiro atoms. The molecule has 3 rings (SSSR count). The van der Waals surface area contributed by atoms with Gasteiger partial charge in [-0.3, -0.25) is 4.79 Å². The molecule has 1 saturated carbocycles. The lowest BCUT2D eigenvalue weighted by Crippen LogP contribution is -3.18. The quantitative estimate of drug-likeness (QED) is 0.764. The van der Waals surface area contributed by atoms with E-state index in [2.05, 4.69) is 12.2 Å². The third kappa shape index (κ3) is 2.68. The van der Waals surface area contributed by atoms with Gasteiger partial charge in [0.1, 0.15) is 5.54 Å². The standard InChI is InChI=1S/C16H27N3O2/c1-2-13-8-4-7-11-18(13)12-19-14(20)16(17-15(19)21)9-5-3-6-10-16/h13H,2-12H2,1H3,(H,17,21)/p+1/t13-/m0/s1. The number of rotatable bonds is 3. The number of carbonyl (C=O) groups is 2. The van der Waals surface area contributed by atoms with E-state index in [4.69, 9.17) is 0 Å². The average molecular weight is 294 g/mol. The van der Waals surface area contributed by atoms with Crippen molar-refractivity contribution in [3.63, 3.8) is 0 Å². The Bertz CT molecular complexity index is 418. The first kappa shape index (κ1) is 14.8. The summed E-state index contributed by atoms with van der Waals surface area (Å²) in [6.45, 7) is 3.86. The Labute approximate surface area is 127 Å². The zero-order chi connectivity index (χ0) is 14.9. The number of piperidine rings is 1. The highest BCUT2D eigenvalue weighted by Gasteiger charge is 2.52. The van der Waals surface area contributed by atoms with Crippen LogP contribution in [0.1, 0.15) is 64.7 Å². The van der Waals surface area contributed by atoms with Gasteiger partial charge in [0, 0.05) is 0 Å². The first-order valence-electron chi connectivity index (χ1n) is 8.65. The summed E-state index contributed by atoms with van der Waals surface area (Å²) in [5, 5.41) is 3.02. The molecule has 2 heterocycles. The number of nitrogens with one attached hydrogen (secondary N) is 2. The van der Waals surface area contributed by atoms with E-state index < -0.39 is 5.54 Å². The average Bonchev–Trinajstić information content (AvgIpc) is 2.73. The molecule has 5 nitrogen and oxygen atoms in total. The minimum absolute atomic E-state index is 0.0418. The number of imide groups is 1. The number of urea groups is 1. The summed E-state index contributed by atoms with van der Waals surface area (Å²) < 4.78 is 0. The molecule has 3 aliphatic rings. The van der Waals surface area contributed by atoms with Crippen molar-refractivity contribution in [1.29, 1.82) is 0 Å². The predicted octanol–water partition coefficient (Wildman–Crippen LogP) is 1.05. The Morgan fingerprint density at radius 2 is 1.95 bits per heavy atom. The van der Waals surface area contributed by atoms with Crippen molar-refractivity contribution in [2.75, 3.05) is 13.2 Å². The molecule has 3 amide bonds. The molecule has 21 heavy (non-hydrogen) atoms. The molecule has 0 radical (unpaired) electrons. The topological polar surface area (TPSA) is 53.9 Å². The second kappa shape index (κ2) is 5.95. The van der Waals surface area contributed by atoms with E-state index in [1.54, 1.807) is 0 Å². The zero-order valence-corrected chi connectivity index (χ0v) is 13.1. The summed E-state index contributed by atoms with van der Waals surface area (Å²) in [6, 6.07) is 0.442. The molecular formula is C16H28N3O2+. The molecule has 0 aromatic heterocycles. The lowest BCUT2D eigenvalue weighted by Gasteiger charge is -2.34. The number of carbonyl (C=O) groups excluding carboxylic acids is 2. The predicted molar refractivity (Wildman–Crippen MR) is 79.8 cm³/mol. The van der Waals surface area contributed by atoms with Crippen LogP contribution in [-0.2, 0) is 4.79 Å². The van der Waals surface area contributed by atoms with Crippen molar-refractivity contribution >= 4 is 11.9 Å². The fourth-order valence-electron chi connectivity index (χ4n) is 4.37. The number of amides is 3. The number of likely N-dealkylation sites (tertiary alicyclic amines) is 1. The Hall–Kier alpha value is -1.10. The maximum absolute atomic E-state index is 12.8. The van der Waals surface area contributed by atoms with Crippen molar-refractivity contribution in [1.82, 2.24) is 10.2 Å². The highest BCUT2D eigenvalue weighted by molar-refractivity contribution is 6.06. The summed E-state index contributed by atoms with van der Waals surface area (Å²) in [4.78, 5) is 28.0. The van der Waals surface area contributed by atoms with Crippen LogP contribution in [0.25, 0.3) is 0 Å². The summed E-state index contributed by atoms with van der Waals surface area (Å²) in [5.74, 6) is 0.0418. The monoisotopic (exact) mass is 294 g/mol. The SMILES string of the molecule is CC[C@H]1CCCC[NH+]1CN1C(=O)NC2(CCCCC2)C1=O. The van der Waals surface area contributed by atoms with Crippen LogP contribution in [0.4, 0.5) is 4.79 Å². The highest BCUT2D eigenvalue weighted by atomic mass is 16.2. The molecule has 0 aromatic rings. The van der Waals surface area contributed by atoms with Crippen LogP contribution in [0.15, 0.2) is 0 Å². The smallest absolute Gasteiger partial charge is 0.323 e. The van der Waals surface area contributed by atoms with E-state index >= 15 is 0 Å². The van der Waals surface area contributed by atoms with Crippen LogP contribution in [0, 0.1) is 0 Å². The molecule has 2 saturated heterocycles. The van der Waals surface area contributed by atoms with Crippen LogP contribution in [0.3, 0.4) is 0 Å². The molecule has 2 N–H and O–H groups in total. The molecule has 2 aliphatic heterocycles.